The molecule has 0 radical (unpaired) electrons. The monoisotopic (exact) mass is 382 g/mol. The van der Waals surface area contributed by atoms with Crippen LogP contribution < -0.4 is 10.6 Å². The van der Waals surface area contributed by atoms with Crippen LogP contribution in [0.15, 0.2) is 53.4 Å². The van der Waals surface area contributed by atoms with Gasteiger partial charge in [0.25, 0.3) is 0 Å². The number of nitrogens with zero attached hydrogens (tertiary/aromatic N) is 2. The minimum atomic E-state index is -0.719. The van der Waals surface area contributed by atoms with Crippen LogP contribution in [0.3, 0.4) is 0 Å². The first-order valence-electron chi connectivity index (χ1n) is 9.11. The van der Waals surface area contributed by atoms with Crippen molar-refractivity contribution in [2.75, 3.05) is 25.0 Å². The van der Waals surface area contributed by atoms with Crippen molar-refractivity contribution < 1.29 is 18.8 Å². The predicted molar refractivity (Wildman–Crippen MR) is 103 cm³/mol. The molecule has 0 bridgehead atoms. The topological polar surface area (TPSA) is 105 Å². The predicted octanol–water partition coefficient (Wildman–Crippen LogP) is 1.68. The van der Waals surface area contributed by atoms with Gasteiger partial charge in [-0.3, -0.25) is 19.4 Å². The van der Waals surface area contributed by atoms with Gasteiger partial charge in [0.15, 0.2) is 0 Å². The number of carbonyl (C=O) groups is 3. The van der Waals surface area contributed by atoms with Gasteiger partial charge in [0.1, 0.15) is 5.76 Å². The number of hydrogen-bond acceptors (Lipinski definition) is 5. The van der Waals surface area contributed by atoms with Crippen LogP contribution in [0.4, 0.5) is 5.69 Å². The molecule has 3 amide bonds. The largest absolute Gasteiger partial charge is 0.465 e. The van der Waals surface area contributed by atoms with Gasteiger partial charge in [-0.05, 0) is 49.1 Å². The maximum atomic E-state index is 12.2. The maximum absolute atomic E-state index is 12.2. The quantitative estimate of drug-likeness (QED) is 0.605. The summed E-state index contributed by atoms with van der Waals surface area (Å²) >= 11 is 0. The molecule has 0 spiro atoms. The molecule has 28 heavy (non-hydrogen) atoms. The molecule has 1 aliphatic rings. The molecule has 1 saturated heterocycles. The zero-order valence-electron chi connectivity index (χ0n) is 15.3. The average Bonchev–Trinajstić information content (AvgIpc) is 3.25. The summed E-state index contributed by atoms with van der Waals surface area (Å²) < 4.78 is 5.17. The van der Waals surface area contributed by atoms with E-state index in [-0.39, 0.29) is 11.8 Å². The maximum Gasteiger partial charge on any atom is 0.313 e. The van der Waals surface area contributed by atoms with E-state index in [2.05, 4.69) is 15.6 Å². The number of amides is 3. The van der Waals surface area contributed by atoms with Crippen LogP contribution >= 0.6 is 0 Å². The Morgan fingerprint density at radius 2 is 2.00 bits per heavy atom. The first kappa shape index (κ1) is 19.3. The lowest BCUT2D eigenvalue weighted by atomic mass is 9.96. The molecule has 8 heteroatoms. The molecule has 3 rings (SSSR count). The lowest BCUT2D eigenvalue weighted by molar-refractivity contribution is -0.136. The highest BCUT2D eigenvalue weighted by Crippen LogP contribution is 2.17. The van der Waals surface area contributed by atoms with Crippen LogP contribution in [0.5, 0.6) is 0 Å². The van der Waals surface area contributed by atoms with E-state index in [0.29, 0.717) is 31.1 Å². The summed E-state index contributed by atoms with van der Waals surface area (Å²) in [6, 6.07) is 6.88. The first-order valence-corrected chi connectivity index (χ1v) is 9.11. The molecule has 2 aromatic heterocycles. The van der Waals surface area contributed by atoms with Gasteiger partial charge < -0.3 is 20.0 Å². The van der Waals surface area contributed by atoms with E-state index >= 15 is 0 Å². The Bertz CT molecular complexity index is 825. The molecule has 0 aliphatic carbocycles. The van der Waals surface area contributed by atoms with Gasteiger partial charge in [0.2, 0.25) is 5.91 Å². The highest BCUT2D eigenvalue weighted by Gasteiger charge is 2.23. The summed E-state index contributed by atoms with van der Waals surface area (Å²) in [5, 5.41) is 5.15. The number of carbonyl (C=O) groups excluding carboxylic acids is 3. The number of piperidine rings is 1. The third kappa shape index (κ3) is 5.54. The second kappa shape index (κ2) is 9.50. The van der Waals surface area contributed by atoms with Crippen molar-refractivity contribution in [3.63, 3.8) is 0 Å². The number of likely N-dealkylation sites (tertiary alicyclic amines) is 1. The van der Waals surface area contributed by atoms with Crippen molar-refractivity contribution in [2.45, 2.75) is 12.8 Å². The number of aromatic nitrogens is 1. The Morgan fingerprint density at radius 3 is 2.68 bits per heavy atom. The fourth-order valence-corrected chi connectivity index (χ4v) is 2.94. The molecule has 2 N–H and O–H groups in total. The van der Waals surface area contributed by atoms with Crippen LogP contribution in [0, 0.1) is 5.92 Å². The number of pyridine rings is 1. The second-order valence-electron chi connectivity index (χ2n) is 6.52. The van der Waals surface area contributed by atoms with Crippen molar-refractivity contribution in [1.29, 1.82) is 0 Å². The summed E-state index contributed by atoms with van der Waals surface area (Å²) in [6.07, 6.45) is 9.30. The van der Waals surface area contributed by atoms with Crippen LogP contribution in [0.2, 0.25) is 0 Å². The van der Waals surface area contributed by atoms with Gasteiger partial charge in [-0.2, -0.15) is 0 Å². The normalized spacial score (nSPS) is 14.8. The molecule has 1 fully saturated rings. The van der Waals surface area contributed by atoms with Gasteiger partial charge in [-0.25, -0.2) is 0 Å². The van der Waals surface area contributed by atoms with Crippen LogP contribution in [0.25, 0.3) is 6.08 Å². The molecule has 2 aromatic rings. The summed E-state index contributed by atoms with van der Waals surface area (Å²) in [7, 11) is 0. The minimum Gasteiger partial charge on any atom is -0.465 e. The molecule has 0 atom stereocenters. The van der Waals surface area contributed by atoms with Crippen molar-refractivity contribution in [1.82, 2.24) is 15.2 Å². The van der Waals surface area contributed by atoms with E-state index in [1.54, 1.807) is 47.7 Å². The van der Waals surface area contributed by atoms with Gasteiger partial charge in [-0.1, -0.05) is 0 Å². The zero-order chi connectivity index (χ0) is 19.8. The van der Waals surface area contributed by atoms with Crippen LogP contribution in [-0.4, -0.2) is 47.2 Å². The van der Waals surface area contributed by atoms with Crippen molar-refractivity contribution in [2.24, 2.45) is 5.92 Å². The summed E-state index contributed by atoms with van der Waals surface area (Å²) in [6.45, 7) is 1.64. The summed E-state index contributed by atoms with van der Waals surface area (Å²) in [5.41, 5.74) is 0.470. The number of rotatable bonds is 5. The lowest BCUT2D eigenvalue weighted by Gasteiger charge is -2.31. The highest BCUT2D eigenvalue weighted by molar-refractivity contribution is 6.39. The van der Waals surface area contributed by atoms with Crippen LogP contribution in [0.1, 0.15) is 18.6 Å². The Balaban J connectivity index is 1.37. The third-order valence-corrected chi connectivity index (χ3v) is 4.54. The van der Waals surface area contributed by atoms with Gasteiger partial charge >= 0.3 is 11.8 Å². The Labute approximate surface area is 162 Å². The van der Waals surface area contributed by atoms with Gasteiger partial charge in [-0.15, -0.1) is 0 Å². The standard InChI is InChI=1S/C20H22N4O4/c25-18(6-5-17-4-2-12-28-17)24-10-7-15(8-11-24)13-22-19(26)20(27)23-16-3-1-9-21-14-16/h1-6,9,12,14-15H,7-8,10-11,13H2,(H,22,26)(H,23,27)/b6-5+. The summed E-state index contributed by atoms with van der Waals surface area (Å²) in [4.78, 5) is 41.7. The molecular formula is C20H22N4O4. The van der Waals surface area contributed by atoms with Gasteiger partial charge in [0.05, 0.1) is 18.1 Å². The zero-order valence-corrected chi connectivity index (χ0v) is 15.3. The first-order chi connectivity index (χ1) is 13.6. The van der Waals surface area contributed by atoms with E-state index in [1.807, 2.05) is 0 Å². The second-order valence-corrected chi connectivity index (χ2v) is 6.52. The lowest BCUT2D eigenvalue weighted by Crippen LogP contribution is -2.43. The molecule has 146 valence electrons. The molecule has 3 heterocycles. The van der Waals surface area contributed by atoms with Crippen LogP contribution in [-0.2, 0) is 14.4 Å². The van der Waals surface area contributed by atoms with E-state index in [4.69, 9.17) is 4.42 Å². The van der Waals surface area contributed by atoms with E-state index in [1.165, 1.54) is 12.3 Å². The number of furan rings is 1. The third-order valence-electron chi connectivity index (χ3n) is 4.54. The Hall–Kier alpha value is -3.42. The number of anilines is 1. The minimum absolute atomic E-state index is 0.0604. The molecule has 0 aromatic carbocycles. The Morgan fingerprint density at radius 1 is 1.18 bits per heavy atom. The van der Waals surface area contributed by atoms with E-state index in [0.717, 1.165) is 12.8 Å². The fourth-order valence-electron chi connectivity index (χ4n) is 2.94. The molecule has 8 nitrogen and oxygen atoms in total. The fraction of sp³-hybridized carbons (Fsp3) is 0.300. The highest BCUT2D eigenvalue weighted by atomic mass is 16.3. The molecule has 0 unspecified atom stereocenters. The van der Waals surface area contributed by atoms with E-state index < -0.39 is 11.8 Å². The van der Waals surface area contributed by atoms with Crippen molar-refractivity contribution in [3.05, 3.63) is 54.8 Å². The molecule has 0 saturated carbocycles. The SMILES string of the molecule is O=C(NCC1CCN(C(=O)/C=C/c2ccco2)CC1)C(=O)Nc1cccnc1. The smallest absolute Gasteiger partial charge is 0.313 e. The average molecular weight is 382 g/mol. The van der Waals surface area contributed by atoms with Gasteiger partial charge in [0, 0.05) is 31.9 Å². The summed E-state index contributed by atoms with van der Waals surface area (Å²) in [5.74, 6) is -0.592. The Kier molecular flexibility index (Phi) is 6.56. The molecular weight excluding hydrogens is 360 g/mol. The number of hydrogen-bond donors (Lipinski definition) is 2. The number of nitrogens with one attached hydrogen (secondary N) is 2. The van der Waals surface area contributed by atoms with Crippen molar-refractivity contribution in [3.8, 4) is 0 Å². The molecule has 1 aliphatic heterocycles. The van der Waals surface area contributed by atoms with Crippen molar-refractivity contribution >= 4 is 29.5 Å². The van der Waals surface area contributed by atoms with E-state index in [9.17, 15) is 14.4 Å².